The third-order valence-electron chi connectivity index (χ3n) is 2.75. The number of hydrogen-bond acceptors (Lipinski definition) is 3. The molecule has 0 aliphatic rings. The number of nitrogens with one attached hydrogen (secondary N) is 1. The number of nitrogens with zero attached hydrogens (tertiary/aromatic N) is 1. The molecule has 6 heteroatoms. The molecule has 1 aromatic rings. The van der Waals surface area contributed by atoms with E-state index in [9.17, 15) is 14.9 Å². The van der Waals surface area contributed by atoms with E-state index in [2.05, 4.69) is 21.2 Å². The summed E-state index contributed by atoms with van der Waals surface area (Å²) in [6, 6.07) is 4.24. The third kappa shape index (κ3) is 4.31. The van der Waals surface area contributed by atoms with Crippen LogP contribution in [-0.2, 0) is 0 Å². The summed E-state index contributed by atoms with van der Waals surface area (Å²) in [7, 11) is 0. The Hall–Kier alpha value is -1.43. The second-order valence-corrected chi connectivity index (χ2v) is 5.80. The number of carbonyl (C=O) groups is 1. The largest absolute Gasteiger partial charge is 0.351 e. The normalized spacial score (nSPS) is 11.2. The first-order chi connectivity index (χ1) is 8.76. The lowest BCUT2D eigenvalue weighted by molar-refractivity contribution is -0.384. The molecule has 0 saturated heterocycles. The first-order valence-electron chi connectivity index (χ1n) is 5.86. The molecule has 0 aliphatic carbocycles. The molecule has 1 aromatic carbocycles. The van der Waals surface area contributed by atoms with Gasteiger partial charge < -0.3 is 5.32 Å². The van der Waals surface area contributed by atoms with E-state index >= 15 is 0 Å². The number of nitro groups is 1. The summed E-state index contributed by atoms with van der Waals surface area (Å²) in [4.78, 5) is 22.2. The highest BCUT2D eigenvalue weighted by Gasteiger charge is 2.19. The number of carbonyl (C=O) groups excluding carboxylic acids is 1. The van der Waals surface area contributed by atoms with E-state index in [4.69, 9.17) is 0 Å². The molecule has 0 atom stereocenters. The number of benzene rings is 1. The Labute approximate surface area is 120 Å². The first kappa shape index (κ1) is 15.6. The molecule has 0 saturated carbocycles. The van der Waals surface area contributed by atoms with Crippen LogP contribution in [0.4, 0.5) is 5.69 Å². The highest BCUT2D eigenvalue weighted by Crippen LogP contribution is 2.19. The van der Waals surface area contributed by atoms with Gasteiger partial charge in [0, 0.05) is 29.6 Å². The number of rotatable bonds is 5. The molecule has 0 heterocycles. The van der Waals surface area contributed by atoms with Crippen molar-refractivity contribution in [3.63, 3.8) is 0 Å². The average Bonchev–Trinajstić information content (AvgIpc) is 2.36. The summed E-state index contributed by atoms with van der Waals surface area (Å²) in [6.45, 7) is 6.29. The second kappa shape index (κ2) is 6.14. The van der Waals surface area contributed by atoms with Crippen LogP contribution in [0.15, 0.2) is 18.2 Å². The minimum atomic E-state index is -0.470. The van der Waals surface area contributed by atoms with Gasteiger partial charge in [0.1, 0.15) is 0 Å². The zero-order chi connectivity index (χ0) is 14.6. The fraction of sp³-hybridized carbons (Fsp3) is 0.462. The van der Waals surface area contributed by atoms with Crippen molar-refractivity contribution < 1.29 is 9.72 Å². The van der Waals surface area contributed by atoms with Gasteiger partial charge in [0.05, 0.1) is 4.92 Å². The van der Waals surface area contributed by atoms with Crippen molar-refractivity contribution >= 4 is 27.5 Å². The van der Waals surface area contributed by atoms with Gasteiger partial charge in [-0.1, -0.05) is 29.8 Å². The maximum absolute atomic E-state index is 12.0. The lowest BCUT2D eigenvalue weighted by Gasteiger charge is -2.22. The highest BCUT2D eigenvalue weighted by molar-refractivity contribution is 9.09. The molecule has 1 amide bonds. The lowest BCUT2D eigenvalue weighted by atomic mass is 9.96. The number of hydrogen-bond donors (Lipinski definition) is 1. The molecular formula is C13H17BrN2O3. The van der Waals surface area contributed by atoms with E-state index in [-0.39, 0.29) is 17.0 Å². The molecule has 104 valence electrons. The lowest BCUT2D eigenvalue weighted by Crippen LogP contribution is -2.35. The molecule has 0 radical (unpaired) electrons. The molecule has 0 aliphatic heterocycles. The zero-order valence-corrected chi connectivity index (χ0v) is 12.8. The summed E-state index contributed by atoms with van der Waals surface area (Å²) >= 11 is 3.39. The highest BCUT2D eigenvalue weighted by atomic mass is 79.9. The number of halogens is 1. The second-order valence-electron chi connectivity index (χ2n) is 5.24. The minimum absolute atomic E-state index is 0.00478. The summed E-state index contributed by atoms with van der Waals surface area (Å²) in [5.41, 5.74) is 1.03. The summed E-state index contributed by atoms with van der Waals surface area (Å²) in [5, 5.41) is 14.2. The molecule has 19 heavy (non-hydrogen) atoms. The van der Waals surface area contributed by atoms with Crippen molar-refractivity contribution in [2.45, 2.75) is 20.8 Å². The Balaban J connectivity index is 2.81. The Morgan fingerprint density at radius 3 is 2.58 bits per heavy atom. The minimum Gasteiger partial charge on any atom is -0.351 e. The zero-order valence-electron chi connectivity index (χ0n) is 11.2. The number of aryl methyl sites for hydroxylation is 1. The molecule has 0 aromatic heterocycles. The summed E-state index contributed by atoms with van der Waals surface area (Å²) in [6.07, 6.45) is 0. The van der Waals surface area contributed by atoms with Crippen molar-refractivity contribution in [2.75, 3.05) is 11.9 Å². The molecular weight excluding hydrogens is 312 g/mol. The van der Waals surface area contributed by atoms with E-state index in [1.54, 1.807) is 6.92 Å². The maximum atomic E-state index is 12.0. The number of nitro benzene ring substituents is 1. The van der Waals surface area contributed by atoms with Gasteiger partial charge in [-0.05, 0) is 24.0 Å². The topological polar surface area (TPSA) is 72.2 Å². The quantitative estimate of drug-likeness (QED) is 0.513. The van der Waals surface area contributed by atoms with Crippen molar-refractivity contribution in [1.29, 1.82) is 0 Å². The van der Waals surface area contributed by atoms with Gasteiger partial charge in [-0.25, -0.2) is 0 Å². The van der Waals surface area contributed by atoms with Gasteiger partial charge in [-0.2, -0.15) is 0 Å². The monoisotopic (exact) mass is 328 g/mol. The van der Waals surface area contributed by atoms with Crippen LogP contribution in [0.2, 0.25) is 0 Å². The predicted octanol–water partition coefficient (Wildman–Crippen LogP) is 3.05. The Morgan fingerprint density at radius 1 is 1.47 bits per heavy atom. The fourth-order valence-electron chi connectivity index (χ4n) is 1.48. The molecule has 0 unspecified atom stereocenters. The van der Waals surface area contributed by atoms with Crippen LogP contribution >= 0.6 is 15.9 Å². The average molecular weight is 329 g/mol. The first-order valence-corrected chi connectivity index (χ1v) is 6.98. The van der Waals surface area contributed by atoms with Crippen LogP contribution in [-0.4, -0.2) is 22.7 Å². The van der Waals surface area contributed by atoms with E-state index in [1.165, 1.54) is 18.2 Å². The van der Waals surface area contributed by atoms with Gasteiger partial charge in [0.15, 0.2) is 0 Å². The predicted molar refractivity (Wildman–Crippen MR) is 77.7 cm³/mol. The Kier molecular flexibility index (Phi) is 5.05. The fourth-order valence-corrected chi connectivity index (χ4v) is 1.68. The van der Waals surface area contributed by atoms with Gasteiger partial charge in [-0.15, -0.1) is 0 Å². The van der Waals surface area contributed by atoms with Gasteiger partial charge in [-0.3, -0.25) is 14.9 Å². The van der Waals surface area contributed by atoms with Gasteiger partial charge in [0.25, 0.3) is 11.6 Å². The van der Waals surface area contributed by atoms with E-state index in [0.29, 0.717) is 17.7 Å². The van der Waals surface area contributed by atoms with Crippen molar-refractivity contribution in [3.8, 4) is 0 Å². The summed E-state index contributed by atoms with van der Waals surface area (Å²) in [5.74, 6) is -0.207. The van der Waals surface area contributed by atoms with Crippen LogP contribution in [0.1, 0.15) is 29.8 Å². The van der Waals surface area contributed by atoms with Crippen molar-refractivity contribution in [2.24, 2.45) is 5.41 Å². The number of non-ortho nitro benzene ring substituents is 1. The third-order valence-corrected chi connectivity index (χ3v) is 4.27. The van der Waals surface area contributed by atoms with Gasteiger partial charge in [0.2, 0.25) is 0 Å². The van der Waals surface area contributed by atoms with E-state index < -0.39 is 4.92 Å². The van der Waals surface area contributed by atoms with Crippen molar-refractivity contribution in [1.82, 2.24) is 5.32 Å². The van der Waals surface area contributed by atoms with Gasteiger partial charge >= 0.3 is 0 Å². The summed E-state index contributed by atoms with van der Waals surface area (Å²) < 4.78 is 0. The number of alkyl halides is 1. The molecule has 1 N–H and O–H groups in total. The SMILES string of the molecule is Cc1cc([N+](=O)[O-])ccc1C(=O)NCC(C)(C)CBr. The van der Waals surface area contributed by atoms with Crippen LogP contribution in [0.3, 0.4) is 0 Å². The molecule has 1 rings (SSSR count). The van der Waals surface area contributed by atoms with E-state index in [0.717, 1.165) is 5.33 Å². The Morgan fingerprint density at radius 2 is 2.11 bits per heavy atom. The maximum Gasteiger partial charge on any atom is 0.269 e. The van der Waals surface area contributed by atoms with Crippen LogP contribution in [0, 0.1) is 22.5 Å². The van der Waals surface area contributed by atoms with E-state index in [1.807, 2.05) is 13.8 Å². The Bertz CT molecular complexity index is 501. The smallest absolute Gasteiger partial charge is 0.269 e. The molecule has 0 bridgehead atoms. The van der Waals surface area contributed by atoms with Crippen LogP contribution in [0.25, 0.3) is 0 Å². The molecule has 5 nitrogen and oxygen atoms in total. The molecule has 0 spiro atoms. The van der Waals surface area contributed by atoms with Crippen molar-refractivity contribution in [3.05, 3.63) is 39.4 Å². The van der Waals surface area contributed by atoms with Crippen LogP contribution in [0.5, 0.6) is 0 Å². The molecule has 0 fully saturated rings. The standard InChI is InChI=1S/C13H17BrN2O3/c1-9-6-10(16(18)19)4-5-11(9)12(17)15-8-13(2,3)7-14/h4-6H,7-8H2,1-3H3,(H,15,17). The van der Waals surface area contributed by atoms with Crippen LogP contribution < -0.4 is 5.32 Å². The number of amides is 1.